The van der Waals surface area contributed by atoms with Crippen LogP contribution in [-0.4, -0.2) is 76.0 Å². The van der Waals surface area contributed by atoms with Gasteiger partial charge in [0.1, 0.15) is 12.3 Å². The second-order valence-corrected chi connectivity index (χ2v) is 22.9. The Hall–Kier alpha value is -2.84. The Balaban J connectivity index is 0.000000312. The molecule has 0 amide bonds. The van der Waals surface area contributed by atoms with Crippen LogP contribution >= 0.6 is 0 Å². The van der Waals surface area contributed by atoms with E-state index in [1.165, 1.54) is 154 Å². The molecule has 0 fully saturated rings. The van der Waals surface area contributed by atoms with Gasteiger partial charge in [0.25, 0.3) is 0 Å². The predicted molar refractivity (Wildman–Crippen MR) is 306 cm³/mol. The van der Waals surface area contributed by atoms with Crippen LogP contribution in [0.1, 0.15) is 218 Å². The minimum Gasteiger partial charge on any atom is -0.731 e. The van der Waals surface area contributed by atoms with Crippen molar-refractivity contribution >= 4 is 81.1 Å². The molecule has 73 heavy (non-hydrogen) atoms. The number of fused-ring (bicyclic) bond motifs is 2. The molecule has 2 aliphatic heterocycles. The van der Waals surface area contributed by atoms with E-state index in [-0.39, 0.29) is 37.7 Å². The molecule has 0 radical (unpaired) electrons. The predicted octanol–water partition coefficient (Wildman–Crippen LogP) is 16.0. The summed E-state index contributed by atoms with van der Waals surface area (Å²) in [6, 6.07) is 34.8. The molecule has 2 aliphatic rings. The van der Waals surface area contributed by atoms with Gasteiger partial charge >= 0.3 is 37.7 Å². The van der Waals surface area contributed by atoms with E-state index in [0.29, 0.717) is 37.3 Å². The van der Waals surface area contributed by atoms with Crippen LogP contribution in [-0.2, 0) is 33.7 Å². The van der Waals surface area contributed by atoms with Crippen molar-refractivity contribution in [2.45, 2.75) is 232 Å². The number of unbranched alkanes of at least 4 members (excludes halogenated alkanes) is 26. The Bertz CT molecular complexity index is 2130. The van der Waals surface area contributed by atoms with Gasteiger partial charge in [0.15, 0.2) is 20.6 Å². The van der Waals surface area contributed by atoms with Crippen molar-refractivity contribution in [1.29, 1.82) is 0 Å². The van der Waals surface area contributed by atoms with Crippen molar-refractivity contribution < 1.29 is 25.9 Å². The van der Waals surface area contributed by atoms with Crippen molar-refractivity contribution in [1.82, 2.24) is 0 Å². The molecule has 6 rings (SSSR count). The van der Waals surface area contributed by atoms with Crippen molar-refractivity contribution in [3.8, 4) is 0 Å². The summed E-state index contributed by atoms with van der Waals surface area (Å²) in [6.45, 7) is 5.68. The molecule has 0 saturated carbocycles. The van der Waals surface area contributed by atoms with Crippen LogP contribution in [0, 0.1) is 0 Å². The van der Waals surface area contributed by atoms with Gasteiger partial charge in [0.05, 0.1) is 22.7 Å². The fourth-order valence-corrected chi connectivity index (χ4v) is 12.6. The second kappa shape index (κ2) is 35.5. The molecule has 0 saturated heterocycles. The molecule has 2 atom stereocenters. The van der Waals surface area contributed by atoms with Crippen LogP contribution < -0.4 is 18.4 Å². The normalized spacial score (nSPS) is 15.2. The molecule has 2 unspecified atom stereocenters. The monoisotopic (exact) mass is 1070 g/mol. The third-order valence-electron chi connectivity index (χ3n) is 14.6. The van der Waals surface area contributed by atoms with Crippen LogP contribution in [0.4, 0.5) is 22.7 Å². The average Bonchev–Trinajstić information content (AvgIpc) is 3.86. The molecule has 2 heterocycles. The van der Waals surface area contributed by atoms with Crippen LogP contribution in [0.2, 0.25) is 0 Å². The molecular formula is C60H90CaN4O6S2. The Labute approximate surface area is 473 Å². The Kier molecular flexibility index (Phi) is 30.5. The summed E-state index contributed by atoms with van der Waals surface area (Å²) in [5.41, 5.74) is 4.83. The van der Waals surface area contributed by atoms with Gasteiger partial charge in [-0.15, -0.1) is 0 Å². The van der Waals surface area contributed by atoms with Crippen molar-refractivity contribution in [3.63, 3.8) is 0 Å². The van der Waals surface area contributed by atoms with Crippen LogP contribution in [0.5, 0.6) is 0 Å². The maximum Gasteiger partial charge on any atom is 2.00 e. The van der Waals surface area contributed by atoms with E-state index in [9.17, 15) is 25.9 Å². The SMILES string of the molecule is CCCCCCCCCCCCCCCCC1N(Cc2ccccc2)c2ccccc2N1S(=O)(=O)[O-].CCCCCCCCCCCCCCCCC1N(Cc2ccccc2)c2ccccc2N1S(=O)(=O)[O-].[Ca+2]. The number of nitrogens with zero attached hydrogens (tertiary/aromatic N) is 4. The quantitative estimate of drug-likeness (QED) is 0.0250. The topological polar surface area (TPSA) is 127 Å². The molecule has 4 aromatic carbocycles. The smallest absolute Gasteiger partial charge is 0.731 e. The summed E-state index contributed by atoms with van der Waals surface area (Å²) in [5, 5.41) is 0. The summed E-state index contributed by atoms with van der Waals surface area (Å²) in [7, 11) is -9.24. The van der Waals surface area contributed by atoms with E-state index >= 15 is 0 Å². The standard InChI is InChI=1S/2C30H46N2O3S.Ca/c2*1-2-3-4-5-6-7-8-9-10-11-12-13-14-18-25-30-31(26-27-21-16-15-17-22-27)28-23-19-20-24-29(28)32(30)36(33,34)35;/h2*15-17,19-24,30H,2-14,18,25-26H2,1H3,(H,33,34,35);/q;;+2/p-2. The van der Waals surface area contributed by atoms with Gasteiger partial charge in [0.2, 0.25) is 0 Å². The Morgan fingerprint density at radius 1 is 0.342 bits per heavy atom. The average molecular weight is 1070 g/mol. The van der Waals surface area contributed by atoms with Gasteiger partial charge in [-0.25, -0.2) is 16.8 Å². The van der Waals surface area contributed by atoms with E-state index < -0.39 is 32.9 Å². The molecular weight excluding hydrogens is 977 g/mol. The number of hydrogen-bond donors (Lipinski definition) is 0. The summed E-state index contributed by atoms with van der Waals surface area (Å²) in [4.78, 5) is 4.17. The van der Waals surface area contributed by atoms with Gasteiger partial charge in [-0.3, -0.25) is 8.61 Å². The summed E-state index contributed by atoms with van der Waals surface area (Å²) in [5.74, 6) is 0. The summed E-state index contributed by atoms with van der Waals surface area (Å²) in [6.07, 6.45) is 36.3. The number of benzene rings is 4. The zero-order valence-corrected chi connectivity index (χ0v) is 48.8. The number of hydrogen-bond acceptors (Lipinski definition) is 8. The first-order valence-electron chi connectivity index (χ1n) is 28.3. The van der Waals surface area contributed by atoms with Gasteiger partial charge in [-0.1, -0.05) is 266 Å². The van der Waals surface area contributed by atoms with Crippen molar-refractivity contribution in [2.24, 2.45) is 0 Å². The summed E-state index contributed by atoms with van der Waals surface area (Å²) < 4.78 is 76.0. The first-order chi connectivity index (χ1) is 35.0. The van der Waals surface area contributed by atoms with Crippen LogP contribution in [0.15, 0.2) is 109 Å². The van der Waals surface area contributed by atoms with E-state index in [4.69, 9.17) is 0 Å². The third-order valence-corrected chi connectivity index (χ3v) is 16.5. The minimum atomic E-state index is -4.62. The van der Waals surface area contributed by atoms with E-state index in [0.717, 1.165) is 56.8 Å². The van der Waals surface area contributed by atoms with Gasteiger partial charge < -0.3 is 18.9 Å². The van der Waals surface area contributed by atoms with E-state index in [1.54, 1.807) is 24.3 Å². The number of anilines is 4. The minimum absolute atomic E-state index is 0. The van der Waals surface area contributed by atoms with E-state index in [2.05, 4.69) is 23.6 Å². The molecule has 10 nitrogen and oxygen atoms in total. The zero-order valence-electron chi connectivity index (χ0n) is 44.9. The fraction of sp³-hybridized carbons (Fsp3) is 0.600. The molecule has 0 aliphatic carbocycles. The maximum absolute atomic E-state index is 12.3. The van der Waals surface area contributed by atoms with Crippen molar-refractivity contribution in [3.05, 3.63) is 120 Å². The van der Waals surface area contributed by atoms with Crippen LogP contribution in [0.3, 0.4) is 0 Å². The Morgan fingerprint density at radius 3 is 0.836 bits per heavy atom. The molecule has 13 heteroatoms. The molecule has 0 spiro atoms. The second-order valence-electron chi connectivity index (χ2n) is 20.4. The molecule has 4 aromatic rings. The first kappa shape index (κ1) is 62.7. The number of para-hydroxylation sites is 4. The van der Waals surface area contributed by atoms with E-state index in [1.807, 2.05) is 84.9 Å². The van der Waals surface area contributed by atoms with Crippen LogP contribution in [0.25, 0.3) is 0 Å². The largest absolute Gasteiger partial charge is 2.00 e. The third kappa shape index (κ3) is 22.0. The maximum atomic E-state index is 12.3. The Morgan fingerprint density at radius 2 is 0.575 bits per heavy atom. The van der Waals surface area contributed by atoms with Gasteiger partial charge in [0, 0.05) is 13.1 Å². The first-order valence-corrected chi connectivity index (χ1v) is 31.1. The zero-order chi connectivity index (χ0) is 51.3. The fourth-order valence-electron chi connectivity index (χ4n) is 10.8. The summed E-state index contributed by atoms with van der Waals surface area (Å²) >= 11 is 0. The van der Waals surface area contributed by atoms with Crippen molar-refractivity contribution in [2.75, 3.05) is 18.4 Å². The number of rotatable bonds is 36. The molecule has 0 aromatic heterocycles. The van der Waals surface area contributed by atoms with Gasteiger partial charge in [-0.2, -0.15) is 0 Å². The molecule has 0 bridgehead atoms. The molecule has 0 N–H and O–H groups in total. The van der Waals surface area contributed by atoms with Gasteiger partial charge in [-0.05, 0) is 61.1 Å². The molecule has 400 valence electrons.